The van der Waals surface area contributed by atoms with E-state index < -0.39 is 4.92 Å². The third-order valence-corrected chi connectivity index (χ3v) is 3.48. The van der Waals surface area contributed by atoms with E-state index in [1.165, 1.54) is 11.3 Å². The van der Waals surface area contributed by atoms with Gasteiger partial charge in [-0.25, -0.2) is 9.97 Å². The van der Waals surface area contributed by atoms with E-state index in [1.807, 2.05) is 6.92 Å². The molecule has 2 heterocycles. The number of nitrogens with one attached hydrogen (secondary N) is 2. The highest BCUT2D eigenvalue weighted by atomic mass is 32.1. The molecule has 0 atom stereocenters. The Bertz CT molecular complexity index is 642. The standard InChI is InChI=1S/C11H14N6O2S/c1-6-9(17(18)19)10(16-11(12-3)15-6)14-5-8-4-13-7(2)20-8/h4H,5H2,1-3H3,(H2,12,14,15,16). The van der Waals surface area contributed by atoms with Crippen molar-refractivity contribution in [2.75, 3.05) is 17.7 Å². The van der Waals surface area contributed by atoms with Crippen LogP contribution in [0.15, 0.2) is 6.20 Å². The number of nitro groups is 1. The third kappa shape index (κ3) is 2.99. The Morgan fingerprint density at radius 1 is 1.40 bits per heavy atom. The van der Waals surface area contributed by atoms with Crippen molar-refractivity contribution < 1.29 is 4.92 Å². The van der Waals surface area contributed by atoms with E-state index in [0.717, 1.165) is 9.88 Å². The number of nitrogens with zero attached hydrogens (tertiary/aromatic N) is 4. The summed E-state index contributed by atoms with van der Waals surface area (Å²) >= 11 is 1.53. The number of anilines is 2. The van der Waals surface area contributed by atoms with Gasteiger partial charge >= 0.3 is 5.69 Å². The third-order valence-electron chi connectivity index (χ3n) is 2.56. The van der Waals surface area contributed by atoms with Gasteiger partial charge in [0.15, 0.2) is 0 Å². The average molecular weight is 294 g/mol. The molecule has 0 saturated carbocycles. The van der Waals surface area contributed by atoms with Gasteiger partial charge in [-0.3, -0.25) is 10.1 Å². The quantitative estimate of drug-likeness (QED) is 0.642. The van der Waals surface area contributed by atoms with Crippen LogP contribution in [0.2, 0.25) is 0 Å². The van der Waals surface area contributed by atoms with Crippen molar-refractivity contribution in [1.29, 1.82) is 0 Å². The fourth-order valence-corrected chi connectivity index (χ4v) is 2.41. The molecular weight excluding hydrogens is 280 g/mol. The monoisotopic (exact) mass is 294 g/mol. The average Bonchev–Trinajstić information content (AvgIpc) is 2.81. The summed E-state index contributed by atoms with van der Waals surface area (Å²) in [5.41, 5.74) is 0.211. The number of hydrogen-bond acceptors (Lipinski definition) is 8. The second-order valence-corrected chi connectivity index (χ2v) is 5.36. The number of thiazole rings is 1. The van der Waals surface area contributed by atoms with Gasteiger partial charge in [0.1, 0.15) is 5.69 Å². The Kier molecular flexibility index (Phi) is 4.08. The molecule has 0 aliphatic rings. The predicted octanol–water partition coefficient (Wildman–Crippen LogP) is 2.11. The summed E-state index contributed by atoms with van der Waals surface area (Å²) in [6.07, 6.45) is 1.74. The molecule has 2 aromatic heterocycles. The van der Waals surface area contributed by atoms with Gasteiger partial charge in [-0.2, -0.15) is 4.98 Å². The van der Waals surface area contributed by atoms with E-state index >= 15 is 0 Å². The normalized spacial score (nSPS) is 10.3. The smallest absolute Gasteiger partial charge is 0.332 e. The molecule has 0 unspecified atom stereocenters. The molecule has 9 heteroatoms. The van der Waals surface area contributed by atoms with Crippen LogP contribution in [0.3, 0.4) is 0 Å². The molecule has 0 radical (unpaired) electrons. The molecule has 106 valence electrons. The SMILES string of the molecule is CNc1nc(C)c([N+](=O)[O-])c(NCc2cnc(C)s2)n1. The van der Waals surface area contributed by atoms with Crippen LogP contribution in [0.5, 0.6) is 0 Å². The molecular formula is C11H14N6O2S. The van der Waals surface area contributed by atoms with Crippen LogP contribution in [0.1, 0.15) is 15.6 Å². The molecule has 0 bridgehead atoms. The zero-order valence-corrected chi connectivity index (χ0v) is 12.1. The fourth-order valence-electron chi connectivity index (χ4n) is 1.68. The molecule has 0 aliphatic carbocycles. The minimum Gasteiger partial charge on any atom is -0.359 e. The summed E-state index contributed by atoms with van der Waals surface area (Å²) in [5, 5.41) is 17.8. The number of aromatic nitrogens is 3. The van der Waals surface area contributed by atoms with Crippen molar-refractivity contribution in [3.05, 3.63) is 31.9 Å². The predicted molar refractivity (Wildman–Crippen MR) is 77.1 cm³/mol. The topological polar surface area (TPSA) is 106 Å². The lowest BCUT2D eigenvalue weighted by Crippen LogP contribution is -2.09. The maximum Gasteiger partial charge on any atom is 0.332 e. The van der Waals surface area contributed by atoms with Crippen molar-refractivity contribution >= 4 is 28.8 Å². The molecule has 2 N–H and O–H groups in total. The maximum absolute atomic E-state index is 11.1. The lowest BCUT2D eigenvalue weighted by atomic mass is 10.3. The van der Waals surface area contributed by atoms with Crippen LogP contribution >= 0.6 is 11.3 Å². The first-order valence-electron chi connectivity index (χ1n) is 5.87. The molecule has 0 saturated heterocycles. The van der Waals surface area contributed by atoms with E-state index in [2.05, 4.69) is 25.6 Å². The molecule has 0 spiro atoms. The molecule has 0 aromatic carbocycles. The van der Waals surface area contributed by atoms with Gasteiger partial charge in [-0.1, -0.05) is 0 Å². The van der Waals surface area contributed by atoms with Gasteiger partial charge in [0.05, 0.1) is 16.5 Å². The zero-order valence-electron chi connectivity index (χ0n) is 11.3. The number of hydrogen-bond donors (Lipinski definition) is 2. The largest absolute Gasteiger partial charge is 0.359 e. The molecule has 0 amide bonds. The molecule has 20 heavy (non-hydrogen) atoms. The first-order chi connectivity index (χ1) is 9.51. The van der Waals surface area contributed by atoms with Gasteiger partial charge in [-0.15, -0.1) is 11.3 Å². The summed E-state index contributed by atoms with van der Waals surface area (Å²) in [7, 11) is 1.66. The Morgan fingerprint density at radius 2 is 2.15 bits per heavy atom. The van der Waals surface area contributed by atoms with Gasteiger partial charge in [0.25, 0.3) is 0 Å². The summed E-state index contributed by atoms with van der Waals surface area (Å²) in [4.78, 5) is 23.9. The Labute approximate surface area is 119 Å². The highest BCUT2D eigenvalue weighted by Gasteiger charge is 2.21. The summed E-state index contributed by atoms with van der Waals surface area (Å²) in [5.74, 6) is 0.550. The van der Waals surface area contributed by atoms with Crippen LogP contribution in [0.25, 0.3) is 0 Å². The van der Waals surface area contributed by atoms with Crippen molar-refractivity contribution in [2.24, 2.45) is 0 Å². The molecule has 8 nitrogen and oxygen atoms in total. The highest BCUT2D eigenvalue weighted by Crippen LogP contribution is 2.27. The van der Waals surface area contributed by atoms with E-state index in [0.29, 0.717) is 18.2 Å². The first-order valence-corrected chi connectivity index (χ1v) is 6.69. The van der Waals surface area contributed by atoms with E-state index in [4.69, 9.17) is 0 Å². The minimum absolute atomic E-state index is 0.106. The highest BCUT2D eigenvalue weighted by molar-refractivity contribution is 7.11. The van der Waals surface area contributed by atoms with Crippen LogP contribution in [0.4, 0.5) is 17.5 Å². The summed E-state index contributed by atoms with van der Waals surface area (Å²) < 4.78 is 0. The summed E-state index contributed by atoms with van der Waals surface area (Å²) in [6, 6.07) is 0. The molecule has 2 rings (SSSR count). The van der Waals surface area contributed by atoms with Gasteiger partial charge in [-0.05, 0) is 13.8 Å². The molecule has 0 aliphatic heterocycles. The second kappa shape index (κ2) is 5.78. The lowest BCUT2D eigenvalue weighted by Gasteiger charge is -2.08. The van der Waals surface area contributed by atoms with Crippen molar-refractivity contribution in [1.82, 2.24) is 15.0 Å². The van der Waals surface area contributed by atoms with Crippen LogP contribution in [0, 0.1) is 24.0 Å². The van der Waals surface area contributed by atoms with Crippen LogP contribution in [-0.4, -0.2) is 26.9 Å². The number of rotatable bonds is 5. The van der Waals surface area contributed by atoms with Crippen molar-refractivity contribution in [3.8, 4) is 0 Å². The van der Waals surface area contributed by atoms with Gasteiger partial charge < -0.3 is 10.6 Å². The molecule has 0 fully saturated rings. The number of aryl methyl sites for hydroxylation is 2. The maximum atomic E-state index is 11.1. The van der Waals surface area contributed by atoms with Crippen LogP contribution < -0.4 is 10.6 Å². The van der Waals surface area contributed by atoms with Crippen molar-refractivity contribution in [2.45, 2.75) is 20.4 Å². The fraction of sp³-hybridized carbons (Fsp3) is 0.364. The lowest BCUT2D eigenvalue weighted by molar-refractivity contribution is -0.385. The minimum atomic E-state index is -0.477. The zero-order chi connectivity index (χ0) is 14.7. The first kappa shape index (κ1) is 14.1. The Hall–Kier alpha value is -2.29. The Morgan fingerprint density at radius 3 is 2.70 bits per heavy atom. The summed E-state index contributed by atoms with van der Waals surface area (Å²) in [6.45, 7) is 3.93. The van der Waals surface area contributed by atoms with Gasteiger partial charge in [0, 0.05) is 18.1 Å². The Balaban J connectivity index is 2.28. The molecule has 2 aromatic rings. The van der Waals surface area contributed by atoms with Crippen molar-refractivity contribution in [3.63, 3.8) is 0 Å². The van der Waals surface area contributed by atoms with E-state index in [-0.39, 0.29) is 11.5 Å². The van der Waals surface area contributed by atoms with E-state index in [1.54, 1.807) is 20.2 Å². The van der Waals surface area contributed by atoms with E-state index in [9.17, 15) is 10.1 Å². The van der Waals surface area contributed by atoms with Gasteiger partial charge in [0.2, 0.25) is 11.8 Å². The van der Waals surface area contributed by atoms with Crippen LogP contribution in [-0.2, 0) is 6.54 Å². The second-order valence-electron chi connectivity index (χ2n) is 4.04.